The molecule has 4 nitrogen and oxygen atoms in total. The molecule has 0 radical (unpaired) electrons. The number of aryl methyl sites for hydroxylation is 1. The molecule has 4 heteroatoms. The highest BCUT2D eigenvalue weighted by atomic mass is 16.5. The Morgan fingerprint density at radius 2 is 2.04 bits per heavy atom. The minimum Gasteiger partial charge on any atom is -0.481 e. The summed E-state index contributed by atoms with van der Waals surface area (Å²) in [5, 5.41) is 0. The average molecular weight is 318 g/mol. The predicted molar refractivity (Wildman–Crippen MR) is 93.7 cm³/mol. The third-order valence-corrected chi connectivity index (χ3v) is 4.73. The second-order valence-electron chi connectivity index (χ2n) is 7.10. The molecule has 0 aliphatic carbocycles. The highest BCUT2D eigenvalue weighted by molar-refractivity contribution is 5.81. The highest BCUT2D eigenvalue weighted by Crippen LogP contribution is 2.26. The molecule has 1 aromatic rings. The van der Waals surface area contributed by atoms with Crippen molar-refractivity contribution in [2.45, 2.75) is 71.6 Å². The summed E-state index contributed by atoms with van der Waals surface area (Å²) in [5.74, 6) is 1.30. The van der Waals surface area contributed by atoms with Gasteiger partial charge in [0.15, 0.2) is 6.10 Å². The summed E-state index contributed by atoms with van der Waals surface area (Å²) in [5.41, 5.74) is 8.27. The van der Waals surface area contributed by atoms with E-state index in [4.69, 9.17) is 10.5 Å². The second-order valence-corrected chi connectivity index (χ2v) is 7.10. The molecule has 1 aromatic carbocycles. The van der Waals surface area contributed by atoms with Gasteiger partial charge in [-0.2, -0.15) is 0 Å². The van der Waals surface area contributed by atoms with Gasteiger partial charge in [-0.25, -0.2) is 0 Å². The van der Waals surface area contributed by atoms with Crippen LogP contribution in [0, 0.1) is 6.92 Å². The first kappa shape index (κ1) is 17.8. The molecule has 23 heavy (non-hydrogen) atoms. The Balaban J connectivity index is 2.08. The fraction of sp³-hybridized carbons (Fsp3) is 0.632. The summed E-state index contributed by atoms with van der Waals surface area (Å²) in [6.07, 6.45) is 1.25. The van der Waals surface area contributed by atoms with Crippen molar-refractivity contribution in [1.29, 1.82) is 0 Å². The van der Waals surface area contributed by atoms with E-state index in [-0.39, 0.29) is 18.0 Å². The van der Waals surface area contributed by atoms with Gasteiger partial charge < -0.3 is 15.4 Å². The van der Waals surface area contributed by atoms with Crippen molar-refractivity contribution < 1.29 is 9.53 Å². The van der Waals surface area contributed by atoms with Crippen molar-refractivity contribution in [1.82, 2.24) is 4.90 Å². The van der Waals surface area contributed by atoms with Gasteiger partial charge in [0.2, 0.25) is 0 Å². The van der Waals surface area contributed by atoms with Gasteiger partial charge in [-0.05, 0) is 56.7 Å². The molecule has 1 fully saturated rings. The molecule has 1 aliphatic rings. The third kappa shape index (κ3) is 4.25. The van der Waals surface area contributed by atoms with Crippen molar-refractivity contribution in [2.24, 2.45) is 5.73 Å². The third-order valence-electron chi connectivity index (χ3n) is 4.73. The lowest BCUT2D eigenvalue weighted by Crippen LogP contribution is -2.52. The zero-order valence-corrected chi connectivity index (χ0v) is 15.0. The van der Waals surface area contributed by atoms with Gasteiger partial charge in [-0.3, -0.25) is 4.79 Å². The minimum atomic E-state index is -0.479. The summed E-state index contributed by atoms with van der Waals surface area (Å²) >= 11 is 0. The number of nitrogens with two attached hydrogens (primary N) is 1. The van der Waals surface area contributed by atoms with Crippen molar-refractivity contribution in [2.75, 3.05) is 6.54 Å². The number of amides is 1. The number of hydrogen-bond acceptors (Lipinski definition) is 3. The zero-order chi connectivity index (χ0) is 17.1. The minimum absolute atomic E-state index is 0.0544. The maximum absolute atomic E-state index is 12.7. The molecule has 2 N–H and O–H groups in total. The van der Waals surface area contributed by atoms with Crippen LogP contribution in [0.15, 0.2) is 18.2 Å². The molecule has 0 bridgehead atoms. The lowest BCUT2D eigenvalue weighted by molar-refractivity contribution is -0.141. The molecule has 1 amide bonds. The van der Waals surface area contributed by atoms with Crippen molar-refractivity contribution >= 4 is 5.91 Å². The molecule has 1 saturated heterocycles. The topological polar surface area (TPSA) is 55.6 Å². The quantitative estimate of drug-likeness (QED) is 0.927. The van der Waals surface area contributed by atoms with Gasteiger partial charge >= 0.3 is 0 Å². The van der Waals surface area contributed by atoms with E-state index in [2.05, 4.69) is 39.0 Å². The van der Waals surface area contributed by atoms with E-state index in [0.29, 0.717) is 5.92 Å². The first-order valence-corrected chi connectivity index (χ1v) is 8.62. The molecule has 128 valence electrons. The molecule has 0 saturated carbocycles. The highest BCUT2D eigenvalue weighted by Gasteiger charge is 2.30. The van der Waals surface area contributed by atoms with E-state index in [9.17, 15) is 4.79 Å². The van der Waals surface area contributed by atoms with Crippen LogP contribution in [0.25, 0.3) is 0 Å². The van der Waals surface area contributed by atoms with Gasteiger partial charge in [0, 0.05) is 18.6 Å². The van der Waals surface area contributed by atoms with Crippen molar-refractivity contribution in [3.05, 3.63) is 29.3 Å². The first-order valence-electron chi connectivity index (χ1n) is 8.62. The molecule has 1 aliphatic heterocycles. The zero-order valence-electron chi connectivity index (χ0n) is 15.0. The number of carbonyl (C=O) groups is 1. The summed E-state index contributed by atoms with van der Waals surface area (Å²) in [6, 6.07) is 6.62. The molecule has 0 spiro atoms. The Morgan fingerprint density at radius 3 is 2.65 bits per heavy atom. The van der Waals surface area contributed by atoms with E-state index in [1.165, 1.54) is 5.56 Å². The monoisotopic (exact) mass is 318 g/mol. The van der Waals surface area contributed by atoms with Crippen LogP contribution in [0.1, 0.15) is 57.6 Å². The normalized spacial score (nSPS) is 23.0. The average Bonchev–Trinajstić information content (AvgIpc) is 2.48. The molecule has 3 atom stereocenters. The van der Waals surface area contributed by atoms with Crippen LogP contribution in [0.2, 0.25) is 0 Å². The predicted octanol–water partition coefficient (Wildman–Crippen LogP) is 3.22. The molecule has 1 heterocycles. The Kier molecular flexibility index (Phi) is 5.69. The lowest BCUT2D eigenvalue weighted by atomic mass is 9.98. The Labute approximate surface area is 140 Å². The van der Waals surface area contributed by atoms with E-state index in [0.717, 1.165) is 30.7 Å². The van der Waals surface area contributed by atoms with Crippen molar-refractivity contribution in [3.63, 3.8) is 0 Å². The molecule has 2 rings (SSSR count). The smallest absolute Gasteiger partial charge is 0.263 e. The Bertz CT molecular complexity index is 556. The van der Waals surface area contributed by atoms with Gasteiger partial charge in [0.25, 0.3) is 5.91 Å². The standard InChI is InChI=1S/C19H30N2O2/c1-12(2)16-7-6-13(3)18(11-16)23-15(5)19(22)21-9-8-17(20)10-14(21)4/h6-7,11-12,14-15,17H,8-10,20H2,1-5H3/t14-,15+,17-/m0/s1. The lowest BCUT2D eigenvalue weighted by Gasteiger charge is -2.37. The van der Waals surface area contributed by atoms with Crippen LogP contribution >= 0.6 is 0 Å². The van der Waals surface area contributed by atoms with Gasteiger partial charge in [-0.1, -0.05) is 26.0 Å². The van der Waals surface area contributed by atoms with Crippen LogP contribution in [-0.4, -0.2) is 35.5 Å². The molecule has 0 unspecified atom stereocenters. The van der Waals surface area contributed by atoms with Crippen LogP contribution in [-0.2, 0) is 4.79 Å². The molecule has 0 aromatic heterocycles. The SMILES string of the molecule is Cc1ccc(C(C)C)cc1O[C@H](C)C(=O)N1CC[C@H](N)C[C@@H]1C. The number of likely N-dealkylation sites (tertiary alicyclic amines) is 1. The number of ether oxygens (including phenoxy) is 1. The van der Waals surface area contributed by atoms with E-state index < -0.39 is 6.10 Å². The number of hydrogen-bond donors (Lipinski definition) is 1. The summed E-state index contributed by atoms with van der Waals surface area (Å²) in [6.45, 7) is 10.9. The fourth-order valence-corrected chi connectivity index (χ4v) is 3.11. The summed E-state index contributed by atoms with van der Waals surface area (Å²) in [7, 11) is 0. The number of benzene rings is 1. The molecular formula is C19H30N2O2. The maximum Gasteiger partial charge on any atom is 0.263 e. The molecular weight excluding hydrogens is 288 g/mol. The second kappa shape index (κ2) is 7.35. The number of carbonyl (C=O) groups excluding carboxylic acids is 1. The number of piperidine rings is 1. The summed E-state index contributed by atoms with van der Waals surface area (Å²) < 4.78 is 6.00. The van der Waals surface area contributed by atoms with Crippen LogP contribution in [0.5, 0.6) is 5.75 Å². The van der Waals surface area contributed by atoms with E-state index >= 15 is 0 Å². The summed E-state index contributed by atoms with van der Waals surface area (Å²) in [4.78, 5) is 14.6. The van der Waals surface area contributed by atoms with Crippen LogP contribution < -0.4 is 10.5 Å². The van der Waals surface area contributed by atoms with E-state index in [1.54, 1.807) is 0 Å². The van der Waals surface area contributed by atoms with Gasteiger partial charge in [0.05, 0.1) is 0 Å². The maximum atomic E-state index is 12.7. The van der Waals surface area contributed by atoms with Crippen molar-refractivity contribution in [3.8, 4) is 5.75 Å². The van der Waals surface area contributed by atoms with Crippen LogP contribution in [0.3, 0.4) is 0 Å². The largest absolute Gasteiger partial charge is 0.481 e. The number of rotatable bonds is 4. The number of nitrogens with zero attached hydrogens (tertiary/aromatic N) is 1. The first-order chi connectivity index (χ1) is 10.8. The Morgan fingerprint density at radius 1 is 1.35 bits per heavy atom. The van der Waals surface area contributed by atoms with Gasteiger partial charge in [0.1, 0.15) is 5.75 Å². The van der Waals surface area contributed by atoms with Gasteiger partial charge in [-0.15, -0.1) is 0 Å². The van der Waals surface area contributed by atoms with Crippen LogP contribution in [0.4, 0.5) is 0 Å². The Hall–Kier alpha value is -1.55. The van der Waals surface area contributed by atoms with E-state index in [1.807, 2.05) is 18.7 Å². The fourth-order valence-electron chi connectivity index (χ4n) is 3.11.